The predicted octanol–water partition coefficient (Wildman–Crippen LogP) is 3.59. The quantitative estimate of drug-likeness (QED) is 0.714. The first-order valence-electron chi connectivity index (χ1n) is 6.58. The second-order valence-corrected chi connectivity index (χ2v) is 6.44. The Morgan fingerprint density at radius 2 is 1.61 bits per heavy atom. The second-order valence-electron chi connectivity index (χ2n) is 4.61. The first-order chi connectivity index (χ1) is 11.0. The Morgan fingerprint density at radius 3 is 2.17 bits per heavy atom. The minimum Gasteiger partial charge on any atom is -0.324 e. The lowest BCUT2D eigenvalue weighted by molar-refractivity contribution is -0.109. The molecule has 3 amide bonds. The van der Waals surface area contributed by atoms with Crippen LogP contribution in [0.25, 0.3) is 0 Å². The third-order valence-corrected chi connectivity index (χ3v) is 3.85. The van der Waals surface area contributed by atoms with Crippen molar-refractivity contribution in [2.45, 2.75) is 6.04 Å². The molecule has 23 heavy (non-hydrogen) atoms. The molecule has 118 valence electrons. The van der Waals surface area contributed by atoms with Crippen molar-refractivity contribution in [2.24, 2.45) is 0 Å². The highest BCUT2D eigenvalue weighted by Gasteiger charge is 2.16. The number of halogens is 2. The Bertz CT molecular complexity index is 715. The van der Waals surface area contributed by atoms with Crippen molar-refractivity contribution in [2.75, 3.05) is 0 Å². The van der Waals surface area contributed by atoms with Gasteiger partial charge in [-0.1, -0.05) is 62.2 Å². The van der Waals surface area contributed by atoms with E-state index >= 15 is 0 Å². The average molecular weight is 440 g/mol. The fourth-order valence-corrected chi connectivity index (χ4v) is 3.19. The Kier molecular flexibility index (Phi) is 6.06. The maximum absolute atomic E-state index is 12.1. The van der Waals surface area contributed by atoms with E-state index in [0.717, 1.165) is 0 Å². The molecular weight excluding hydrogens is 428 g/mol. The summed E-state index contributed by atoms with van der Waals surface area (Å²) in [6.45, 7) is 0. The van der Waals surface area contributed by atoms with Crippen LogP contribution in [0.5, 0.6) is 0 Å². The van der Waals surface area contributed by atoms with Crippen molar-refractivity contribution >= 4 is 50.1 Å². The number of hydrogen-bond donors (Lipinski definition) is 2. The lowest BCUT2D eigenvalue weighted by Crippen LogP contribution is -2.41. The molecule has 2 aromatic carbocycles. The molecule has 2 rings (SSSR count). The summed E-state index contributed by atoms with van der Waals surface area (Å²) in [5.41, 5.74) is 0.944. The van der Waals surface area contributed by atoms with Crippen LogP contribution >= 0.6 is 31.9 Å². The van der Waals surface area contributed by atoms with Crippen LogP contribution in [-0.4, -0.2) is 18.2 Å². The Labute approximate surface area is 149 Å². The normalized spacial score (nSPS) is 11.4. The summed E-state index contributed by atoms with van der Waals surface area (Å²) in [6, 6.07) is 12.1. The van der Waals surface area contributed by atoms with E-state index in [9.17, 15) is 14.4 Å². The highest BCUT2D eigenvalue weighted by atomic mass is 79.9. The van der Waals surface area contributed by atoms with E-state index in [1.165, 1.54) is 0 Å². The van der Waals surface area contributed by atoms with E-state index in [4.69, 9.17) is 0 Å². The van der Waals surface area contributed by atoms with Gasteiger partial charge in [0.25, 0.3) is 5.91 Å². The Hall–Kier alpha value is -1.99. The number of carbonyl (C=O) groups excluding carboxylic acids is 3. The minimum atomic E-state index is -0.821. The first kappa shape index (κ1) is 17.4. The number of carbonyl (C=O) groups is 3. The summed E-state index contributed by atoms with van der Waals surface area (Å²) in [5, 5.41) is 4.65. The van der Waals surface area contributed by atoms with Crippen LogP contribution in [0.3, 0.4) is 0 Å². The molecule has 2 N–H and O–H groups in total. The topological polar surface area (TPSA) is 75.3 Å². The molecule has 0 bridgehead atoms. The van der Waals surface area contributed by atoms with Crippen molar-refractivity contribution in [3.05, 3.63) is 68.6 Å². The summed E-state index contributed by atoms with van der Waals surface area (Å²) in [5.74, 6) is -0.567. The zero-order valence-corrected chi connectivity index (χ0v) is 14.9. The lowest BCUT2D eigenvalue weighted by atomic mass is 10.1. The zero-order chi connectivity index (χ0) is 16.8. The molecule has 2 aromatic rings. The lowest BCUT2D eigenvalue weighted by Gasteiger charge is -2.13. The van der Waals surface area contributed by atoms with Gasteiger partial charge in [-0.25, -0.2) is 4.79 Å². The Balaban J connectivity index is 2.03. The number of aldehydes is 1. The van der Waals surface area contributed by atoms with Gasteiger partial charge in [0.1, 0.15) is 12.3 Å². The van der Waals surface area contributed by atoms with Gasteiger partial charge >= 0.3 is 6.03 Å². The molecule has 1 atom stereocenters. The van der Waals surface area contributed by atoms with Gasteiger partial charge in [-0.15, -0.1) is 0 Å². The molecule has 0 aliphatic carbocycles. The number of amides is 3. The number of nitrogens with one attached hydrogen (secondary N) is 2. The van der Waals surface area contributed by atoms with Crippen LogP contribution in [-0.2, 0) is 4.79 Å². The molecule has 0 saturated carbocycles. The smallest absolute Gasteiger partial charge is 0.322 e. The molecule has 0 aliphatic rings. The van der Waals surface area contributed by atoms with Gasteiger partial charge in [-0.2, -0.15) is 0 Å². The molecule has 0 aliphatic heterocycles. The van der Waals surface area contributed by atoms with E-state index in [-0.39, 0.29) is 0 Å². The van der Waals surface area contributed by atoms with E-state index in [2.05, 4.69) is 42.5 Å². The van der Waals surface area contributed by atoms with Crippen LogP contribution in [0.15, 0.2) is 57.5 Å². The second kappa shape index (κ2) is 8.03. The summed E-state index contributed by atoms with van der Waals surface area (Å²) < 4.78 is 1.40. The number of rotatable bonds is 4. The summed E-state index contributed by atoms with van der Waals surface area (Å²) in [6.07, 6.45) is 0.606. The van der Waals surface area contributed by atoms with Gasteiger partial charge < -0.3 is 10.1 Å². The fraction of sp³-hybridized carbons (Fsp3) is 0.0625. The van der Waals surface area contributed by atoms with E-state index in [1.807, 2.05) is 0 Å². The fourth-order valence-electron chi connectivity index (χ4n) is 1.89. The van der Waals surface area contributed by atoms with Gasteiger partial charge in [0.2, 0.25) is 0 Å². The summed E-state index contributed by atoms with van der Waals surface area (Å²) in [7, 11) is 0. The van der Waals surface area contributed by atoms with Crippen molar-refractivity contribution in [3.8, 4) is 0 Å². The highest BCUT2D eigenvalue weighted by Crippen LogP contribution is 2.20. The van der Waals surface area contributed by atoms with Gasteiger partial charge in [0.15, 0.2) is 0 Å². The van der Waals surface area contributed by atoms with E-state index in [0.29, 0.717) is 26.4 Å². The van der Waals surface area contributed by atoms with Crippen molar-refractivity contribution < 1.29 is 14.4 Å². The van der Waals surface area contributed by atoms with Crippen LogP contribution in [0.2, 0.25) is 0 Å². The minimum absolute atomic E-state index is 0.309. The van der Waals surface area contributed by atoms with Gasteiger partial charge in [0, 0.05) is 14.5 Å². The molecule has 0 saturated heterocycles. The van der Waals surface area contributed by atoms with Crippen LogP contribution in [0, 0.1) is 0 Å². The van der Waals surface area contributed by atoms with Crippen LogP contribution in [0.1, 0.15) is 22.0 Å². The molecular formula is C16H12Br2N2O3. The number of imide groups is 1. The van der Waals surface area contributed by atoms with Crippen molar-refractivity contribution in [1.82, 2.24) is 10.6 Å². The molecule has 0 fully saturated rings. The monoisotopic (exact) mass is 438 g/mol. The van der Waals surface area contributed by atoms with Crippen LogP contribution in [0.4, 0.5) is 4.79 Å². The Morgan fingerprint density at radius 1 is 1.00 bits per heavy atom. The third-order valence-electron chi connectivity index (χ3n) is 2.93. The molecule has 0 spiro atoms. The molecule has 7 heteroatoms. The summed E-state index contributed by atoms with van der Waals surface area (Å²) >= 11 is 6.55. The third kappa shape index (κ3) is 5.01. The molecule has 0 aromatic heterocycles. The SMILES string of the molecule is O=CC(NC(=O)NC(=O)c1cc(Br)cc(Br)c1)c1ccccc1. The largest absolute Gasteiger partial charge is 0.324 e. The van der Waals surface area contributed by atoms with Gasteiger partial charge in [-0.3, -0.25) is 10.1 Å². The highest BCUT2D eigenvalue weighted by molar-refractivity contribution is 9.11. The molecule has 5 nitrogen and oxygen atoms in total. The predicted molar refractivity (Wildman–Crippen MR) is 93.1 cm³/mol. The molecule has 1 unspecified atom stereocenters. The molecule has 0 radical (unpaired) electrons. The van der Waals surface area contributed by atoms with Gasteiger partial charge in [-0.05, 0) is 23.8 Å². The number of hydrogen-bond acceptors (Lipinski definition) is 3. The van der Waals surface area contributed by atoms with E-state index in [1.54, 1.807) is 48.5 Å². The average Bonchev–Trinajstić information content (AvgIpc) is 2.52. The number of benzene rings is 2. The molecule has 0 heterocycles. The standard InChI is InChI=1S/C16H12Br2N2O3/c17-12-6-11(7-13(18)8-12)15(22)20-16(23)19-14(9-21)10-4-2-1-3-5-10/h1-9,14H,(H2,19,20,22,23). The zero-order valence-electron chi connectivity index (χ0n) is 11.8. The van der Waals surface area contributed by atoms with E-state index < -0.39 is 18.0 Å². The van der Waals surface area contributed by atoms with Gasteiger partial charge in [0.05, 0.1) is 0 Å². The maximum Gasteiger partial charge on any atom is 0.322 e. The van der Waals surface area contributed by atoms with Crippen LogP contribution < -0.4 is 10.6 Å². The van der Waals surface area contributed by atoms with Crippen molar-refractivity contribution in [3.63, 3.8) is 0 Å². The first-order valence-corrected chi connectivity index (χ1v) is 8.16. The summed E-state index contributed by atoms with van der Waals surface area (Å²) in [4.78, 5) is 35.1. The van der Waals surface area contributed by atoms with Crippen molar-refractivity contribution in [1.29, 1.82) is 0 Å². The maximum atomic E-state index is 12.1. The number of urea groups is 1.